The lowest BCUT2D eigenvalue weighted by molar-refractivity contribution is 1.13. The fourth-order valence-corrected chi connectivity index (χ4v) is 7.79. The predicted molar refractivity (Wildman–Crippen MR) is 196 cm³/mol. The summed E-state index contributed by atoms with van der Waals surface area (Å²) in [6.07, 6.45) is 0. The second kappa shape index (κ2) is 9.71. The standard InChI is InChI=1S/C43H26N4/c1-44-34-27-40(46-35-22-10-5-17-29(35)30-18-6-11-23-36(30)46)41-33-21-9-14-26-39(33)45(28-15-3-2-4-16-28)43(41)42(34)47-37-24-12-7-19-31(37)32-20-8-13-25-38(32)47/h2-27H. The Balaban J connectivity index is 1.51. The Morgan fingerprint density at radius 1 is 0.404 bits per heavy atom. The molecule has 0 fully saturated rings. The highest BCUT2D eigenvalue weighted by Crippen LogP contribution is 2.47. The lowest BCUT2D eigenvalue weighted by Gasteiger charge is -2.19. The Kier molecular flexibility index (Phi) is 5.32. The fourth-order valence-electron chi connectivity index (χ4n) is 7.79. The van der Waals surface area contributed by atoms with Crippen molar-refractivity contribution in [1.29, 1.82) is 0 Å². The number of benzene rings is 7. The number of rotatable bonds is 3. The predicted octanol–water partition coefficient (Wildman–Crippen LogP) is 11.5. The molecule has 0 saturated heterocycles. The smallest absolute Gasteiger partial charge is 0.214 e. The van der Waals surface area contributed by atoms with Crippen LogP contribution in [0, 0.1) is 6.57 Å². The molecule has 3 heterocycles. The second-order valence-corrected chi connectivity index (χ2v) is 12.0. The molecule has 0 unspecified atom stereocenters. The monoisotopic (exact) mass is 598 g/mol. The lowest BCUT2D eigenvalue weighted by Crippen LogP contribution is -2.03. The molecule has 3 aromatic heterocycles. The zero-order valence-electron chi connectivity index (χ0n) is 25.3. The normalized spacial score (nSPS) is 11.8. The van der Waals surface area contributed by atoms with E-state index in [2.05, 4.69) is 176 Å². The summed E-state index contributed by atoms with van der Waals surface area (Å²) >= 11 is 0. The highest BCUT2D eigenvalue weighted by molar-refractivity contribution is 6.21. The number of hydrogen-bond acceptors (Lipinski definition) is 0. The summed E-state index contributed by atoms with van der Waals surface area (Å²) in [5, 5.41) is 6.97. The van der Waals surface area contributed by atoms with E-state index in [-0.39, 0.29) is 0 Å². The third kappa shape index (κ3) is 3.46. The van der Waals surface area contributed by atoms with Crippen molar-refractivity contribution in [2.45, 2.75) is 0 Å². The van der Waals surface area contributed by atoms with Crippen molar-refractivity contribution in [1.82, 2.24) is 13.7 Å². The van der Waals surface area contributed by atoms with Gasteiger partial charge in [0.2, 0.25) is 5.69 Å². The zero-order valence-corrected chi connectivity index (χ0v) is 25.3. The Morgan fingerprint density at radius 3 is 1.30 bits per heavy atom. The van der Waals surface area contributed by atoms with E-state index in [4.69, 9.17) is 6.57 Å². The maximum Gasteiger partial charge on any atom is 0.214 e. The van der Waals surface area contributed by atoms with Crippen LogP contribution in [-0.4, -0.2) is 13.7 Å². The van der Waals surface area contributed by atoms with Gasteiger partial charge in [0.1, 0.15) is 0 Å². The highest BCUT2D eigenvalue weighted by atomic mass is 15.1. The summed E-state index contributed by atoms with van der Waals surface area (Å²) in [6, 6.07) is 55.6. The third-order valence-electron chi connectivity index (χ3n) is 9.63. The summed E-state index contributed by atoms with van der Waals surface area (Å²) in [7, 11) is 0. The highest BCUT2D eigenvalue weighted by Gasteiger charge is 2.27. The topological polar surface area (TPSA) is 19.1 Å². The molecule has 4 nitrogen and oxygen atoms in total. The van der Waals surface area contributed by atoms with Gasteiger partial charge in [-0.2, -0.15) is 0 Å². The van der Waals surface area contributed by atoms with Gasteiger partial charge in [-0.25, -0.2) is 4.85 Å². The molecule has 0 aliphatic carbocycles. The van der Waals surface area contributed by atoms with Gasteiger partial charge in [0.05, 0.1) is 45.4 Å². The SMILES string of the molecule is [C-]#[N+]c1cc(-n2c3ccccc3c3ccccc32)c2c3ccccc3n(-c3ccccc3)c2c1-n1c2ccccc2c2ccccc21. The summed E-state index contributed by atoms with van der Waals surface area (Å²) in [4.78, 5) is 4.33. The molecule has 0 spiro atoms. The Morgan fingerprint density at radius 2 is 0.809 bits per heavy atom. The molecule has 0 aliphatic rings. The Hall–Kier alpha value is -6.57. The van der Waals surface area contributed by atoms with Gasteiger partial charge in [0, 0.05) is 43.7 Å². The summed E-state index contributed by atoms with van der Waals surface area (Å²) in [5.41, 5.74) is 10.0. The molecule has 218 valence electrons. The van der Waals surface area contributed by atoms with Gasteiger partial charge in [-0.3, -0.25) is 0 Å². The van der Waals surface area contributed by atoms with Crippen LogP contribution < -0.4 is 0 Å². The summed E-state index contributed by atoms with van der Waals surface area (Å²) in [5.74, 6) is 0. The number of para-hydroxylation sites is 6. The van der Waals surface area contributed by atoms with Crippen LogP contribution >= 0.6 is 0 Å². The molecule has 10 rings (SSSR count). The number of fused-ring (bicyclic) bond motifs is 9. The van der Waals surface area contributed by atoms with Gasteiger partial charge >= 0.3 is 0 Å². The molecule has 0 bridgehead atoms. The van der Waals surface area contributed by atoms with Gasteiger partial charge in [-0.1, -0.05) is 109 Å². The van der Waals surface area contributed by atoms with Crippen molar-refractivity contribution in [3.8, 4) is 17.1 Å². The molecule has 10 aromatic rings. The molecule has 0 amide bonds. The third-order valence-corrected chi connectivity index (χ3v) is 9.63. The van der Waals surface area contributed by atoms with Gasteiger partial charge in [-0.15, -0.1) is 0 Å². The minimum absolute atomic E-state index is 0.598. The molecule has 0 aliphatic heterocycles. The molecule has 4 heteroatoms. The second-order valence-electron chi connectivity index (χ2n) is 12.0. The van der Waals surface area contributed by atoms with Crippen molar-refractivity contribution >= 4 is 71.1 Å². The van der Waals surface area contributed by atoms with Crippen LogP contribution in [0.25, 0.3) is 87.3 Å². The van der Waals surface area contributed by atoms with Gasteiger partial charge in [-0.05, 0) is 48.5 Å². The molecule has 0 atom stereocenters. The van der Waals surface area contributed by atoms with E-state index in [0.29, 0.717) is 5.69 Å². The number of nitrogens with zero attached hydrogens (tertiary/aromatic N) is 4. The molecular weight excluding hydrogens is 573 g/mol. The largest absolute Gasteiger partial charge is 0.317 e. The molecule has 0 radical (unpaired) electrons. The van der Waals surface area contributed by atoms with Crippen molar-refractivity contribution in [3.63, 3.8) is 0 Å². The quantitative estimate of drug-likeness (QED) is 0.180. The maximum atomic E-state index is 8.73. The van der Waals surface area contributed by atoms with Crippen molar-refractivity contribution in [3.05, 3.63) is 169 Å². The van der Waals surface area contributed by atoms with E-state index in [1.54, 1.807) is 0 Å². The average molecular weight is 599 g/mol. The average Bonchev–Trinajstić information content (AvgIpc) is 3.78. The minimum Gasteiger partial charge on any atom is -0.317 e. The number of hydrogen-bond donors (Lipinski definition) is 0. The summed E-state index contributed by atoms with van der Waals surface area (Å²) < 4.78 is 7.03. The number of aromatic nitrogens is 3. The minimum atomic E-state index is 0.598. The Bertz CT molecular complexity index is 2810. The van der Waals surface area contributed by atoms with E-state index in [1.807, 2.05) is 0 Å². The van der Waals surface area contributed by atoms with E-state index < -0.39 is 0 Å². The molecule has 0 saturated carbocycles. The van der Waals surface area contributed by atoms with Gasteiger partial charge in [0.25, 0.3) is 0 Å². The first-order chi connectivity index (χ1) is 23.3. The molecule has 47 heavy (non-hydrogen) atoms. The van der Waals surface area contributed by atoms with Crippen molar-refractivity contribution < 1.29 is 0 Å². The van der Waals surface area contributed by atoms with Crippen LogP contribution in [0.1, 0.15) is 0 Å². The van der Waals surface area contributed by atoms with E-state index >= 15 is 0 Å². The molecular formula is C43H26N4. The van der Waals surface area contributed by atoms with E-state index in [9.17, 15) is 0 Å². The van der Waals surface area contributed by atoms with Crippen LogP contribution in [0.2, 0.25) is 0 Å². The van der Waals surface area contributed by atoms with Crippen LogP contribution in [0.3, 0.4) is 0 Å². The first-order valence-corrected chi connectivity index (χ1v) is 15.8. The fraction of sp³-hybridized carbons (Fsp3) is 0. The van der Waals surface area contributed by atoms with Crippen LogP contribution in [0.4, 0.5) is 5.69 Å². The first kappa shape index (κ1) is 25.7. The van der Waals surface area contributed by atoms with Crippen LogP contribution in [-0.2, 0) is 0 Å². The van der Waals surface area contributed by atoms with E-state index in [1.165, 1.54) is 21.5 Å². The Labute approximate surface area is 270 Å². The lowest BCUT2D eigenvalue weighted by atomic mass is 10.1. The van der Waals surface area contributed by atoms with Crippen LogP contribution in [0.15, 0.2) is 158 Å². The van der Waals surface area contributed by atoms with Gasteiger partial charge < -0.3 is 13.7 Å². The van der Waals surface area contributed by atoms with Crippen LogP contribution in [0.5, 0.6) is 0 Å². The molecule has 0 N–H and O–H groups in total. The van der Waals surface area contributed by atoms with Crippen molar-refractivity contribution in [2.75, 3.05) is 0 Å². The van der Waals surface area contributed by atoms with Crippen molar-refractivity contribution in [2.24, 2.45) is 0 Å². The summed E-state index contributed by atoms with van der Waals surface area (Å²) in [6.45, 7) is 8.73. The van der Waals surface area contributed by atoms with E-state index in [0.717, 1.165) is 60.9 Å². The first-order valence-electron chi connectivity index (χ1n) is 15.8. The zero-order chi connectivity index (χ0) is 31.1. The molecule has 7 aromatic carbocycles. The van der Waals surface area contributed by atoms with Gasteiger partial charge in [0.15, 0.2) is 0 Å². The maximum absolute atomic E-state index is 8.73.